The van der Waals surface area contributed by atoms with Crippen LogP contribution in [0.2, 0.25) is 0 Å². The lowest BCUT2D eigenvalue weighted by Gasteiger charge is -2.21. The van der Waals surface area contributed by atoms with E-state index in [1.54, 1.807) is 0 Å². The smallest absolute Gasteiger partial charge is 0.462 e. The molecule has 0 aliphatic rings. The van der Waals surface area contributed by atoms with Gasteiger partial charge in [-0.1, -0.05) is 260 Å². The number of phosphoric acid groups is 2. The minimum atomic E-state index is -4.98. The van der Waals surface area contributed by atoms with Gasteiger partial charge in [0.1, 0.15) is 19.3 Å². The first-order chi connectivity index (χ1) is 45.7. The lowest BCUT2D eigenvalue weighted by atomic mass is 10.1. The summed E-state index contributed by atoms with van der Waals surface area (Å²) in [6.07, 6.45) is 67.4. The van der Waals surface area contributed by atoms with Crippen LogP contribution in [0.4, 0.5) is 0 Å². The van der Waals surface area contributed by atoms with Crippen molar-refractivity contribution < 1.29 is 80.2 Å². The summed E-state index contributed by atoms with van der Waals surface area (Å²) in [5.74, 6) is -2.25. The lowest BCUT2D eigenvalue weighted by molar-refractivity contribution is -0.161. The molecule has 94 heavy (non-hydrogen) atoms. The van der Waals surface area contributed by atoms with Gasteiger partial charge < -0.3 is 33.8 Å². The van der Waals surface area contributed by atoms with E-state index in [0.29, 0.717) is 32.1 Å². The maximum Gasteiger partial charge on any atom is 0.472 e. The van der Waals surface area contributed by atoms with E-state index < -0.39 is 97.5 Å². The third kappa shape index (κ3) is 66.8. The number of aliphatic hydroxyl groups is 1. The molecule has 3 N–H and O–H groups in total. The molecule has 0 radical (unpaired) electrons. The monoisotopic (exact) mass is 1370 g/mol. The number of carbonyl (C=O) groups is 4. The predicted molar refractivity (Wildman–Crippen MR) is 381 cm³/mol. The van der Waals surface area contributed by atoms with Crippen LogP contribution in [0.25, 0.3) is 0 Å². The van der Waals surface area contributed by atoms with Gasteiger partial charge in [0.2, 0.25) is 0 Å². The van der Waals surface area contributed by atoms with E-state index in [1.165, 1.54) is 89.9 Å². The highest BCUT2D eigenvalue weighted by Crippen LogP contribution is 2.45. The highest BCUT2D eigenvalue weighted by molar-refractivity contribution is 7.47. The van der Waals surface area contributed by atoms with Crippen LogP contribution in [0, 0.1) is 0 Å². The summed E-state index contributed by atoms with van der Waals surface area (Å²) in [5.41, 5.74) is 0. The van der Waals surface area contributed by atoms with Crippen LogP contribution in [0.1, 0.15) is 310 Å². The van der Waals surface area contributed by atoms with Crippen molar-refractivity contribution in [2.24, 2.45) is 0 Å². The van der Waals surface area contributed by atoms with Crippen LogP contribution in [-0.4, -0.2) is 96.7 Å². The summed E-state index contributed by atoms with van der Waals surface area (Å²) >= 11 is 0. The Labute approximate surface area is 570 Å². The quantitative estimate of drug-likeness (QED) is 0.0169. The van der Waals surface area contributed by atoms with Crippen molar-refractivity contribution in [2.45, 2.75) is 329 Å². The molecule has 17 nitrogen and oxygen atoms in total. The molecule has 0 aromatic heterocycles. The number of aliphatic hydroxyl groups excluding tert-OH is 1. The molecule has 5 atom stereocenters. The molecule has 19 heteroatoms. The van der Waals surface area contributed by atoms with Crippen LogP contribution in [-0.2, 0) is 65.4 Å². The Kier molecular flexibility index (Phi) is 65.1. The maximum atomic E-state index is 13.0. The lowest BCUT2D eigenvalue weighted by Crippen LogP contribution is -2.30. The zero-order valence-electron chi connectivity index (χ0n) is 59.1. The van der Waals surface area contributed by atoms with Crippen LogP contribution < -0.4 is 0 Å². The van der Waals surface area contributed by atoms with E-state index in [9.17, 15) is 43.2 Å². The van der Waals surface area contributed by atoms with Gasteiger partial charge in [-0.05, 0) is 109 Å². The van der Waals surface area contributed by atoms with Crippen molar-refractivity contribution in [2.75, 3.05) is 39.6 Å². The molecule has 0 bridgehead atoms. The normalized spacial score (nSPS) is 14.5. The number of carbonyl (C=O) groups excluding carboxylic acids is 4. The zero-order valence-corrected chi connectivity index (χ0v) is 60.9. The summed E-state index contributed by atoms with van der Waals surface area (Å²) in [6.45, 7) is 4.64. The predicted octanol–water partition coefficient (Wildman–Crippen LogP) is 20.7. The second kappa shape index (κ2) is 67.8. The minimum Gasteiger partial charge on any atom is -0.462 e. The van der Waals surface area contributed by atoms with Gasteiger partial charge in [-0.25, -0.2) is 9.13 Å². The Balaban J connectivity index is 5.37. The molecule has 0 aliphatic carbocycles. The summed E-state index contributed by atoms with van der Waals surface area (Å²) < 4.78 is 68.2. The molecular formula is C75H132O17P2. The van der Waals surface area contributed by atoms with Crippen LogP contribution in [0.5, 0.6) is 0 Å². The molecule has 0 rings (SSSR count). The van der Waals surface area contributed by atoms with E-state index >= 15 is 0 Å². The Hall–Kier alpha value is -3.76. The number of hydrogen-bond donors (Lipinski definition) is 3. The fraction of sp³-hybridized carbons (Fsp3) is 0.760. The summed E-state index contributed by atoms with van der Waals surface area (Å²) in [7, 11) is -9.95. The fourth-order valence-corrected chi connectivity index (χ4v) is 11.3. The molecule has 0 aliphatic heterocycles. The van der Waals surface area contributed by atoms with Crippen molar-refractivity contribution in [1.82, 2.24) is 0 Å². The van der Waals surface area contributed by atoms with Gasteiger partial charge in [0.15, 0.2) is 12.2 Å². The average Bonchev–Trinajstić information content (AvgIpc) is 1.29. The van der Waals surface area contributed by atoms with Crippen molar-refractivity contribution in [3.8, 4) is 0 Å². The standard InChI is InChI=1S/C75H132O17P2/c1-5-9-13-17-21-25-29-31-33-34-36-37-41-44-48-52-56-60-73(78)86-66-71(92-75(80)62-58-54-50-46-42-38-35-32-30-26-22-18-14-10-6-2)68-90-94(83,84)88-64-69(76)63-87-93(81,82)89-67-70(91-74(79)61-57-53-49-45-40-28-24-20-16-12-8-4)65-85-72(77)59-55-51-47-43-39-27-23-19-15-11-7-3/h9,13,19,21,23,25,31-33,35-37,44,48,69-71,76H,5-8,10-12,14-18,20,22,24,26-30,34,38-43,45-47,49-68H2,1-4H3,(H,81,82)(H,83,84)/b13-9-,23-19-,25-21-,33-31-,35-32-,37-36-,48-44-. The fourth-order valence-electron chi connectivity index (χ4n) is 9.70. The Morgan fingerprint density at radius 3 is 0.936 bits per heavy atom. The topological polar surface area (TPSA) is 237 Å². The van der Waals surface area contributed by atoms with Gasteiger partial charge in [-0.2, -0.15) is 0 Å². The van der Waals surface area contributed by atoms with E-state index in [-0.39, 0.29) is 25.7 Å². The molecule has 0 aromatic rings. The summed E-state index contributed by atoms with van der Waals surface area (Å²) in [5, 5.41) is 10.6. The molecule has 5 unspecified atom stereocenters. The van der Waals surface area contributed by atoms with Gasteiger partial charge in [0, 0.05) is 25.7 Å². The largest absolute Gasteiger partial charge is 0.472 e. The molecule has 0 aromatic carbocycles. The van der Waals surface area contributed by atoms with Crippen LogP contribution in [0.3, 0.4) is 0 Å². The Morgan fingerprint density at radius 2 is 0.574 bits per heavy atom. The SMILES string of the molecule is CC/C=C\C/C=C\C/C=C\C/C=C\C/C=C\CCCC(=O)OCC(COP(=O)(O)OCC(O)COP(=O)(O)OCC(COC(=O)CCCCCCC/C=C\CCCC)OC(=O)CCCCCCCCCCCCC)OC(=O)CCCCCCC/C=C\CCCCCCCC. The van der Waals surface area contributed by atoms with Crippen LogP contribution >= 0.6 is 15.6 Å². The third-order valence-electron chi connectivity index (χ3n) is 15.3. The number of phosphoric ester groups is 2. The van der Waals surface area contributed by atoms with Gasteiger partial charge in [-0.3, -0.25) is 37.3 Å². The van der Waals surface area contributed by atoms with Gasteiger partial charge in [0.05, 0.1) is 26.4 Å². The molecule has 0 spiro atoms. The molecule has 0 fully saturated rings. The number of hydrogen-bond acceptors (Lipinski definition) is 15. The molecule has 0 saturated carbocycles. The summed E-state index contributed by atoms with van der Waals surface area (Å²) in [6, 6.07) is 0. The van der Waals surface area contributed by atoms with E-state index in [0.717, 1.165) is 135 Å². The van der Waals surface area contributed by atoms with Crippen molar-refractivity contribution >= 4 is 39.5 Å². The molecule has 544 valence electrons. The Morgan fingerprint density at radius 1 is 0.309 bits per heavy atom. The second-order valence-electron chi connectivity index (χ2n) is 24.5. The first-order valence-electron chi connectivity index (χ1n) is 36.8. The first kappa shape index (κ1) is 90.2. The van der Waals surface area contributed by atoms with Crippen molar-refractivity contribution in [3.63, 3.8) is 0 Å². The number of unbranched alkanes of at least 4 members (excludes halogenated alkanes) is 29. The molecule has 0 amide bonds. The van der Waals surface area contributed by atoms with Crippen LogP contribution in [0.15, 0.2) is 85.1 Å². The summed E-state index contributed by atoms with van der Waals surface area (Å²) in [4.78, 5) is 72.6. The molecule has 0 saturated heterocycles. The van der Waals surface area contributed by atoms with Crippen molar-refractivity contribution in [1.29, 1.82) is 0 Å². The highest BCUT2D eigenvalue weighted by Gasteiger charge is 2.30. The molecule has 0 heterocycles. The number of rotatable bonds is 69. The Bertz CT molecular complexity index is 2120. The molecular weight excluding hydrogens is 1230 g/mol. The maximum absolute atomic E-state index is 13.0. The third-order valence-corrected chi connectivity index (χ3v) is 17.2. The van der Waals surface area contributed by atoms with Gasteiger partial charge in [0.25, 0.3) is 0 Å². The van der Waals surface area contributed by atoms with E-state index in [2.05, 4.69) is 101 Å². The van der Waals surface area contributed by atoms with Gasteiger partial charge in [-0.15, -0.1) is 0 Å². The van der Waals surface area contributed by atoms with Gasteiger partial charge >= 0.3 is 39.5 Å². The number of allylic oxidation sites excluding steroid dienone is 14. The number of ether oxygens (including phenoxy) is 4. The second-order valence-corrected chi connectivity index (χ2v) is 27.4. The zero-order chi connectivity index (χ0) is 69.0. The van der Waals surface area contributed by atoms with E-state index in [4.69, 9.17) is 37.0 Å². The average molecular weight is 1370 g/mol. The highest BCUT2D eigenvalue weighted by atomic mass is 31.2. The first-order valence-corrected chi connectivity index (χ1v) is 39.8. The van der Waals surface area contributed by atoms with Crippen molar-refractivity contribution in [3.05, 3.63) is 85.1 Å². The van der Waals surface area contributed by atoms with E-state index in [1.807, 2.05) is 12.2 Å². The minimum absolute atomic E-state index is 0.0741. The number of esters is 4.